The zero-order chi connectivity index (χ0) is 18.2. The van der Waals surface area contributed by atoms with Crippen LogP contribution in [0.2, 0.25) is 0 Å². The normalized spacial score (nSPS) is 11.2. The highest BCUT2D eigenvalue weighted by atomic mass is 79.9. The van der Waals surface area contributed by atoms with Gasteiger partial charge in [-0.05, 0) is 45.4 Å². The summed E-state index contributed by atoms with van der Waals surface area (Å²) < 4.78 is 11.3. The van der Waals surface area contributed by atoms with Crippen molar-refractivity contribution < 1.29 is 19.1 Å². The number of halogens is 1. The number of aldehydes is 1. The number of carbonyl (C=O) groups is 2. The highest BCUT2D eigenvalue weighted by Crippen LogP contribution is 2.24. The standard InChI is InChI=1S/C18H26BrNO4/c1-18(2,3)24-17(22)6-5-9-20(10-11-23-4)16-8-7-15(19)12-14(16)13-21/h7-8,12-13H,5-6,9-11H2,1-4H3. The van der Waals surface area contributed by atoms with Crippen molar-refractivity contribution in [1.29, 1.82) is 0 Å². The SMILES string of the molecule is COCCN(CCCC(=O)OC(C)(C)C)c1ccc(Br)cc1C=O. The fourth-order valence-electron chi connectivity index (χ4n) is 2.27. The van der Waals surface area contributed by atoms with E-state index in [4.69, 9.17) is 9.47 Å². The van der Waals surface area contributed by atoms with Crippen molar-refractivity contribution in [3.05, 3.63) is 28.2 Å². The minimum absolute atomic E-state index is 0.208. The third-order valence-electron chi connectivity index (χ3n) is 3.25. The van der Waals surface area contributed by atoms with E-state index >= 15 is 0 Å². The first-order valence-corrected chi connectivity index (χ1v) is 8.76. The number of nitrogens with zero attached hydrogens (tertiary/aromatic N) is 1. The molecule has 1 rings (SSSR count). The molecule has 134 valence electrons. The first kappa shape index (κ1) is 20.6. The number of hydrogen-bond donors (Lipinski definition) is 0. The lowest BCUT2D eigenvalue weighted by Crippen LogP contribution is -2.30. The highest BCUT2D eigenvalue weighted by molar-refractivity contribution is 9.10. The van der Waals surface area contributed by atoms with Gasteiger partial charge in [0.25, 0.3) is 0 Å². The van der Waals surface area contributed by atoms with Crippen LogP contribution in [0.5, 0.6) is 0 Å². The van der Waals surface area contributed by atoms with Crippen molar-refractivity contribution in [2.24, 2.45) is 0 Å². The molecular formula is C18H26BrNO4. The molecule has 0 atom stereocenters. The van der Waals surface area contributed by atoms with E-state index in [1.165, 1.54) is 0 Å². The van der Waals surface area contributed by atoms with Crippen LogP contribution in [-0.4, -0.2) is 44.7 Å². The molecular weight excluding hydrogens is 374 g/mol. The van der Waals surface area contributed by atoms with E-state index in [0.717, 1.165) is 16.4 Å². The number of anilines is 1. The van der Waals surface area contributed by atoms with Crippen LogP contribution in [0.25, 0.3) is 0 Å². The van der Waals surface area contributed by atoms with Crippen molar-refractivity contribution in [1.82, 2.24) is 0 Å². The minimum atomic E-state index is -0.469. The molecule has 6 heteroatoms. The summed E-state index contributed by atoms with van der Waals surface area (Å²) in [5, 5.41) is 0. The molecule has 0 bridgehead atoms. The molecule has 0 N–H and O–H groups in total. The summed E-state index contributed by atoms with van der Waals surface area (Å²) in [5.74, 6) is -0.208. The van der Waals surface area contributed by atoms with Crippen molar-refractivity contribution in [2.45, 2.75) is 39.2 Å². The summed E-state index contributed by atoms with van der Waals surface area (Å²) in [6.45, 7) is 7.40. The van der Waals surface area contributed by atoms with Crippen LogP contribution in [0, 0.1) is 0 Å². The Morgan fingerprint density at radius 2 is 2.00 bits per heavy atom. The fraction of sp³-hybridized carbons (Fsp3) is 0.556. The van der Waals surface area contributed by atoms with E-state index in [-0.39, 0.29) is 5.97 Å². The van der Waals surface area contributed by atoms with Gasteiger partial charge in [0.1, 0.15) is 5.60 Å². The Kier molecular flexibility index (Phi) is 8.42. The molecule has 24 heavy (non-hydrogen) atoms. The second kappa shape index (κ2) is 9.79. The van der Waals surface area contributed by atoms with Gasteiger partial charge in [0.2, 0.25) is 0 Å². The molecule has 0 aliphatic rings. The average Bonchev–Trinajstić information content (AvgIpc) is 2.49. The van der Waals surface area contributed by atoms with Crippen molar-refractivity contribution >= 4 is 33.9 Å². The zero-order valence-electron chi connectivity index (χ0n) is 14.8. The summed E-state index contributed by atoms with van der Waals surface area (Å²) >= 11 is 3.38. The summed E-state index contributed by atoms with van der Waals surface area (Å²) in [7, 11) is 1.64. The zero-order valence-corrected chi connectivity index (χ0v) is 16.4. The molecule has 0 aromatic heterocycles. The number of esters is 1. The fourth-order valence-corrected chi connectivity index (χ4v) is 2.65. The summed E-state index contributed by atoms with van der Waals surface area (Å²) in [6.07, 6.45) is 1.83. The average molecular weight is 400 g/mol. The molecule has 0 unspecified atom stereocenters. The van der Waals surface area contributed by atoms with E-state index in [1.54, 1.807) is 13.2 Å². The smallest absolute Gasteiger partial charge is 0.306 e. The van der Waals surface area contributed by atoms with Crippen LogP contribution in [0.3, 0.4) is 0 Å². The lowest BCUT2D eigenvalue weighted by atomic mass is 10.1. The van der Waals surface area contributed by atoms with Gasteiger partial charge in [0.15, 0.2) is 6.29 Å². The molecule has 0 amide bonds. The van der Waals surface area contributed by atoms with Crippen molar-refractivity contribution in [3.63, 3.8) is 0 Å². The maximum Gasteiger partial charge on any atom is 0.306 e. The van der Waals surface area contributed by atoms with Crippen LogP contribution in [0.4, 0.5) is 5.69 Å². The topological polar surface area (TPSA) is 55.8 Å². The maximum absolute atomic E-state index is 11.8. The quantitative estimate of drug-likeness (QED) is 0.466. The van der Waals surface area contributed by atoms with E-state index in [1.807, 2.05) is 32.9 Å². The van der Waals surface area contributed by atoms with E-state index in [9.17, 15) is 9.59 Å². The summed E-state index contributed by atoms with van der Waals surface area (Å²) in [5.41, 5.74) is 0.982. The van der Waals surface area contributed by atoms with Crippen LogP contribution in [-0.2, 0) is 14.3 Å². The molecule has 0 fully saturated rings. The molecule has 0 saturated heterocycles. The van der Waals surface area contributed by atoms with Crippen LogP contribution in [0.15, 0.2) is 22.7 Å². The van der Waals surface area contributed by atoms with E-state index < -0.39 is 5.60 Å². The lowest BCUT2D eigenvalue weighted by molar-refractivity contribution is -0.154. The Bertz CT molecular complexity index is 554. The van der Waals surface area contributed by atoms with Crippen LogP contribution >= 0.6 is 15.9 Å². The van der Waals surface area contributed by atoms with Gasteiger partial charge >= 0.3 is 5.97 Å². The van der Waals surface area contributed by atoms with Gasteiger partial charge in [-0.3, -0.25) is 9.59 Å². The predicted molar refractivity (Wildman–Crippen MR) is 98.7 cm³/mol. The van der Waals surface area contributed by atoms with Gasteiger partial charge in [-0.2, -0.15) is 0 Å². The third kappa shape index (κ3) is 7.45. The summed E-state index contributed by atoms with van der Waals surface area (Å²) in [6, 6.07) is 5.59. The summed E-state index contributed by atoms with van der Waals surface area (Å²) in [4.78, 5) is 25.2. The van der Waals surface area contributed by atoms with Gasteiger partial charge in [-0.1, -0.05) is 15.9 Å². The van der Waals surface area contributed by atoms with E-state index in [0.29, 0.717) is 38.1 Å². The predicted octanol–water partition coefficient (Wildman–Crippen LogP) is 3.84. The third-order valence-corrected chi connectivity index (χ3v) is 3.74. The number of hydrogen-bond acceptors (Lipinski definition) is 5. The maximum atomic E-state index is 11.8. The minimum Gasteiger partial charge on any atom is -0.460 e. The second-order valence-electron chi connectivity index (χ2n) is 6.49. The molecule has 0 spiro atoms. The van der Waals surface area contributed by atoms with Crippen molar-refractivity contribution in [3.8, 4) is 0 Å². The number of methoxy groups -OCH3 is 1. The van der Waals surface area contributed by atoms with Crippen LogP contribution in [0.1, 0.15) is 44.0 Å². The molecule has 5 nitrogen and oxygen atoms in total. The Labute approximate surface area is 152 Å². The first-order chi connectivity index (χ1) is 11.3. The monoisotopic (exact) mass is 399 g/mol. The molecule has 0 saturated carbocycles. The first-order valence-electron chi connectivity index (χ1n) is 7.97. The number of ether oxygens (including phenoxy) is 2. The van der Waals surface area contributed by atoms with Crippen molar-refractivity contribution in [2.75, 3.05) is 31.7 Å². The molecule has 1 aromatic carbocycles. The van der Waals surface area contributed by atoms with Gasteiger partial charge in [0.05, 0.1) is 6.61 Å². The number of rotatable bonds is 9. The number of benzene rings is 1. The van der Waals surface area contributed by atoms with Crippen LogP contribution < -0.4 is 4.90 Å². The van der Waals surface area contributed by atoms with Gasteiger partial charge in [-0.15, -0.1) is 0 Å². The molecule has 0 heterocycles. The van der Waals surface area contributed by atoms with Gasteiger partial charge in [-0.25, -0.2) is 0 Å². The largest absolute Gasteiger partial charge is 0.460 e. The highest BCUT2D eigenvalue weighted by Gasteiger charge is 2.17. The van der Waals surface area contributed by atoms with E-state index in [2.05, 4.69) is 20.8 Å². The Balaban J connectivity index is 2.73. The Morgan fingerprint density at radius 3 is 2.58 bits per heavy atom. The Morgan fingerprint density at radius 1 is 1.29 bits per heavy atom. The Hall–Kier alpha value is -1.40. The molecule has 0 aliphatic carbocycles. The molecule has 0 radical (unpaired) electrons. The van der Waals surface area contributed by atoms with Gasteiger partial charge < -0.3 is 14.4 Å². The van der Waals surface area contributed by atoms with Gasteiger partial charge in [0, 0.05) is 42.3 Å². The molecule has 0 aliphatic heterocycles. The second-order valence-corrected chi connectivity index (χ2v) is 7.41. The molecule has 1 aromatic rings. The number of carbonyl (C=O) groups excluding carboxylic acids is 2. The lowest BCUT2D eigenvalue weighted by Gasteiger charge is -2.26.